The molecule has 1 saturated heterocycles. The lowest BCUT2D eigenvalue weighted by atomic mass is 9.79. The number of hydrogen-bond acceptors (Lipinski definition) is 7. The van der Waals surface area contributed by atoms with Gasteiger partial charge in [-0.05, 0) is 82.4 Å². The van der Waals surface area contributed by atoms with Gasteiger partial charge in [0.1, 0.15) is 11.6 Å². The van der Waals surface area contributed by atoms with Crippen LogP contribution in [0.4, 0.5) is 0 Å². The van der Waals surface area contributed by atoms with Crippen LogP contribution in [0.15, 0.2) is 58.4 Å². The van der Waals surface area contributed by atoms with E-state index in [1.165, 1.54) is 5.57 Å². The molecule has 0 spiro atoms. The van der Waals surface area contributed by atoms with Gasteiger partial charge >= 0.3 is 0 Å². The van der Waals surface area contributed by atoms with E-state index in [9.17, 15) is 5.11 Å². The summed E-state index contributed by atoms with van der Waals surface area (Å²) in [5.74, 6) is 1.67. The molecule has 0 aliphatic carbocycles. The van der Waals surface area contributed by atoms with Gasteiger partial charge in [0.2, 0.25) is 5.88 Å². The van der Waals surface area contributed by atoms with E-state index in [1.54, 1.807) is 19.4 Å². The molecule has 2 N–H and O–H groups in total. The summed E-state index contributed by atoms with van der Waals surface area (Å²) in [5, 5.41) is 24.1. The van der Waals surface area contributed by atoms with Gasteiger partial charge in [-0.2, -0.15) is 0 Å². The Balaban J connectivity index is 1.64. The molecule has 0 saturated carbocycles. The average Bonchev–Trinajstić information content (AvgIpc) is 3.04. The minimum atomic E-state index is 0.0518. The second-order valence-corrected chi connectivity index (χ2v) is 11.2. The van der Waals surface area contributed by atoms with Crippen LogP contribution in [0.3, 0.4) is 0 Å². The minimum Gasteiger partial charge on any atom is -0.507 e. The minimum absolute atomic E-state index is 0.0518. The predicted molar refractivity (Wildman–Crippen MR) is 147 cm³/mol. The molecule has 1 aromatic heterocycles. The summed E-state index contributed by atoms with van der Waals surface area (Å²) in [5.41, 5.74) is 4.50. The van der Waals surface area contributed by atoms with Crippen molar-refractivity contribution in [2.75, 3.05) is 14.2 Å². The van der Waals surface area contributed by atoms with Crippen LogP contribution in [-0.2, 0) is 0 Å². The lowest BCUT2D eigenvalue weighted by molar-refractivity contribution is 0.113. The maximum atomic E-state index is 11.0. The van der Waals surface area contributed by atoms with Gasteiger partial charge in [0, 0.05) is 48.4 Å². The van der Waals surface area contributed by atoms with Gasteiger partial charge in [-0.25, -0.2) is 4.98 Å². The van der Waals surface area contributed by atoms with E-state index in [0.29, 0.717) is 23.2 Å². The molecule has 0 amide bonds. The Hall–Kier alpha value is -3.19. The highest BCUT2D eigenvalue weighted by Gasteiger charge is 2.40. The molecule has 0 atom stereocenters. The van der Waals surface area contributed by atoms with Crippen LogP contribution in [0.5, 0.6) is 11.6 Å². The zero-order valence-electron chi connectivity index (χ0n) is 22.6. The highest BCUT2D eigenvalue weighted by molar-refractivity contribution is 6.12. The van der Waals surface area contributed by atoms with Gasteiger partial charge in [-0.1, -0.05) is 18.6 Å². The molecule has 0 radical (unpaired) electrons. The Morgan fingerprint density at radius 3 is 2.39 bits per heavy atom. The molecule has 1 fully saturated rings. The lowest BCUT2D eigenvalue weighted by Crippen LogP contribution is -2.62. The summed E-state index contributed by atoms with van der Waals surface area (Å²) in [6.45, 7) is 11.2. The summed E-state index contributed by atoms with van der Waals surface area (Å²) >= 11 is 0. The SMILES string of the molecule is CCC1=CC(c2ccc(-c3ccnc(OC)c3)cc2O)=NN=C(N(C)C2CC(C)(C)NC(C)(C)C2)C1. The molecule has 3 heterocycles. The van der Waals surface area contributed by atoms with Crippen molar-refractivity contribution >= 4 is 11.5 Å². The number of nitrogens with one attached hydrogen (secondary N) is 1. The maximum absolute atomic E-state index is 11.0. The van der Waals surface area contributed by atoms with Gasteiger partial charge in [-0.15, -0.1) is 10.2 Å². The van der Waals surface area contributed by atoms with Crippen LogP contribution in [0.25, 0.3) is 11.1 Å². The number of rotatable bonds is 5. The topological polar surface area (TPSA) is 82.3 Å². The number of benzene rings is 1. The van der Waals surface area contributed by atoms with E-state index in [0.717, 1.165) is 42.6 Å². The molecule has 7 nitrogen and oxygen atoms in total. The second kappa shape index (κ2) is 10.1. The van der Waals surface area contributed by atoms with Crippen LogP contribution in [0, 0.1) is 0 Å². The third kappa shape index (κ3) is 5.78. The van der Waals surface area contributed by atoms with E-state index < -0.39 is 0 Å². The van der Waals surface area contributed by atoms with Crippen molar-refractivity contribution < 1.29 is 9.84 Å². The molecule has 2 aliphatic rings. The van der Waals surface area contributed by atoms with Crippen LogP contribution in [0.1, 0.15) is 65.9 Å². The maximum Gasteiger partial charge on any atom is 0.213 e. The molecule has 0 unspecified atom stereocenters. The number of piperidine rings is 1. The van der Waals surface area contributed by atoms with E-state index in [4.69, 9.17) is 9.84 Å². The van der Waals surface area contributed by atoms with Gasteiger partial charge in [0.15, 0.2) is 0 Å². The summed E-state index contributed by atoms with van der Waals surface area (Å²) in [7, 11) is 3.73. The van der Waals surface area contributed by atoms with Crippen LogP contribution in [-0.4, -0.2) is 57.8 Å². The average molecular weight is 490 g/mol. The standard InChI is InChI=1S/C29H39N5O2/c1-8-19-13-24(23-10-9-20(15-25(23)35)21-11-12-30-27(16-21)36-7)31-32-26(14-19)34(6)22-17-28(2,3)33-29(4,5)18-22/h9-13,15-16,22,33,35H,8,14,17-18H2,1-7H3. The first-order valence-electron chi connectivity index (χ1n) is 12.7. The van der Waals surface area contributed by atoms with Crippen molar-refractivity contribution in [3.63, 3.8) is 0 Å². The number of hydrogen-bond donors (Lipinski definition) is 2. The number of aromatic hydroxyl groups is 1. The Labute approximate surface area is 215 Å². The van der Waals surface area contributed by atoms with E-state index in [2.05, 4.69) is 68.0 Å². The number of nitrogens with zero attached hydrogens (tertiary/aromatic N) is 4. The second-order valence-electron chi connectivity index (χ2n) is 11.2. The van der Waals surface area contributed by atoms with E-state index >= 15 is 0 Å². The van der Waals surface area contributed by atoms with Crippen molar-refractivity contribution in [1.29, 1.82) is 0 Å². The van der Waals surface area contributed by atoms with Crippen molar-refractivity contribution in [3.05, 3.63) is 53.7 Å². The summed E-state index contributed by atoms with van der Waals surface area (Å²) < 4.78 is 5.24. The number of allylic oxidation sites excluding steroid dienone is 1. The summed E-state index contributed by atoms with van der Waals surface area (Å²) in [4.78, 5) is 6.48. The predicted octanol–water partition coefficient (Wildman–Crippen LogP) is 5.55. The van der Waals surface area contributed by atoms with Crippen molar-refractivity contribution in [1.82, 2.24) is 15.2 Å². The Bertz CT molecular complexity index is 1200. The molecule has 2 aliphatic heterocycles. The van der Waals surface area contributed by atoms with E-state index in [1.807, 2.05) is 24.3 Å². The highest BCUT2D eigenvalue weighted by Crippen LogP contribution is 2.33. The molecule has 36 heavy (non-hydrogen) atoms. The number of phenolic OH excluding ortho intramolecular Hbond substituents is 1. The summed E-state index contributed by atoms with van der Waals surface area (Å²) in [6, 6.07) is 9.75. The quantitative estimate of drug-likeness (QED) is 0.576. The van der Waals surface area contributed by atoms with Gasteiger partial charge in [0.25, 0.3) is 0 Å². The molecular weight excluding hydrogens is 450 g/mol. The number of amidine groups is 1. The molecule has 7 heteroatoms. The largest absolute Gasteiger partial charge is 0.507 e. The smallest absolute Gasteiger partial charge is 0.213 e. The highest BCUT2D eigenvalue weighted by atomic mass is 16.5. The molecular formula is C29H39N5O2. The zero-order chi connectivity index (χ0) is 26.1. The Kier molecular flexibility index (Phi) is 7.23. The number of pyridine rings is 1. The number of aromatic nitrogens is 1. The first-order valence-corrected chi connectivity index (χ1v) is 12.7. The third-order valence-corrected chi connectivity index (χ3v) is 7.13. The summed E-state index contributed by atoms with van der Waals surface area (Å²) in [6.07, 6.45) is 7.49. The molecule has 2 aromatic rings. The monoisotopic (exact) mass is 489 g/mol. The van der Waals surface area contributed by atoms with E-state index in [-0.39, 0.29) is 16.8 Å². The molecule has 192 valence electrons. The first kappa shape index (κ1) is 25.9. The normalized spacial score (nSPS) is 19.6. The first-order chi connectivity index (χ1) is 17.0. The van der Waals surface area contributed by atoms with Gasteiger partial charge in [0.05, 0.1) is 12.8 Å². The fraction of sp³-hybridized carbons (Fsp3) is 0.483. The zero-order valence-corrected chi connectivity index (χ0v) is 22.6. The van der Waals surface area contributed by atoms with Crippen LogP contribution in [0.2, 0.25) is 0 Å². The number of ether oxygens (including phenoxy) is 1. The third-order valence-electron chi connectivity index (χ3n) is 7.13. The lowest BCUT2D eigenvalue weighted by Gasteiger charge is -2.49. The number of phenols is 1. The van der Waals surface area contributed by atoms with Crippen molar-refractivity contribution in [3.8, 4) is 22.8 Å². The van der Waals surface area contributed by atoms with Crippen molar-refractivity contribution in [2.24, 2.45) is 10.2 Å². The van der Waals surface area contributed by atoms with Crippen LogP contribution < -0.4 is 10.1 Å². The van der Waals surface area contributed by atoms with Crippen molar-refractivity contribution in [2.45, 2.75) is 77.4 Å². The number of methoxy groups -OCH3 is 1. The Morgan fingerprint density at radius 2 is 1.75 bits per heavy atom. The fourth-order valence-corrected chi connectivity index (χ4v) is 5.56. The van der Waals surface area contributed by atoms with Gasteiger partial charge < -0.3 is 20.1 Å². The van der Waals surface area contributed by atoms with Gasteiger partial charge in [-0.3, -0.25) is 0 Å². The van der Waals surface area contributed by atoms with Crippen LogP contribution >= 0.6 is 0 Å². The Morgan fingerprint density at radius 1 is 1.06 bits per heavy atom. The molecule has 4 rings (SSSR count). The molecule has 1 aromatic carbocycles. The molecule has 0 bridgehead atoms. The fourth-order valence-electron chi connectivity index (χ4n) is 5.56.